The maximum Gasteiger partial charge on any atom is 0.236 e. The average Bonchev–Trinajstić information content (AvgIpc) is 3.24. The molecule has 156 valence electrons. The summed E-state index contributed by atoms with van der Waals surface area (Å²) in [5.41, 5.74) is 3.48. The summed E-state index contributed by atoms with van der Waals surface area (Å²) >= 11 is 1.65. The molecular formula is C24H28N4OS. The molecule has 0 unspecified atom stereocenters. The molecule has 1 fully saturated rings. The van der Waals surface area contributed by atoms with E-state index in [2.05, 4.69) is 51.6 Å². The van der Waals surface area contributed by atoms with E-state index in [0.29, 0.717) is 13.1 Å². The second-order valence-corrected chi connectivity index (χ2v) is 8.68. The van der Waals surface area contributed by atoms with E-state index in [1.54, 1.807) is 11.3 Å². The molecule has 6 heteroatoms. The van der Waals surface area contributed by atoms with Crippen molar-refractivity contribution in [2.45, 2.75) is 13.1 Å². The summed E-state index contributed by atoms with van der Waals surface area (Å²) in [5, 5.41) is 3.12. The Kier molecular flexibility index (Phi) is 6.89. The molecule has 0 atom stereocenters. The van der Waals surface area contributed by atoms with Gasteiger partial charge >= 0.3 is 0 Å². The summed E-state index contributed by atoms with van der Waals surface area (Å²) in [5.74, 6) is 0.204. The highest BCUT2D eigenvalue weighted by molar-refractivity contribution is 7.13. The second kappa shape index (κ2) is 9.98. The van der Waals surface area contributed by atoms with Gasteiger partial charge in [0.25, 0.3) is 0 Å². The molecule has 1 saturated heterocycles. The van der Waals surface area contributed by atoms with E-state index < -0.39 is 0 Å². The van der Waals surface area contributed by atoms with E-state index >= 15 is 0 Å². The number of piperazine rings is 1. The minimum absolute atomic E-state index is 0.204. The van der Waals surface area contributed by atoms with Crippen LogP contribution >= 0.6 is 11.3 Å². The van der Waals surface area contributed by atoms with Gasteiger partial charge in [-0.3, -0.25) is 14.6 Å². The van der Waals surface area contributed by atoms with Crippen LogP contribution in [0.5, 0.6) is 0 Å². The number of nitrogens with zero attached hydrogens (tertiary/aromatic N) is 4. The number of hydrogen-bond acceptors (Lipinski definition) is 5. The second-order valence-electron chi connectivity index (χ2n) is 7.82. The third-order valence-corrected chi connectivity index (χ3v) is 6.32. The van der Waals surface area contributed by atoms with Crippen molar-refractivity contribution in [1.29, 1.82) is 0 Å². The van der Waals surface area contributed by atoms with Crippen molar-refractivity contribution in [2.24, 2.45) is 0 Å². The van der Waals surface area contributed by atoms with Gasteiger partial charge in [-0.15, -0.1) is 11.3 Å². The highest BCUT2D eigenvalue weighted by Crippen LogP contribution is 2.23. The fourth-order valence-electron chi connectivity index (χ4n) is 3.75. The van der Waals surface area contributed by atoms with Gasteiger partial charge in [0, 0.05) is 50.2 Å². The highest BCUT2D eigenvalue weighted by atomic mass is 32.1. The Morgan fingerprint density at radius 3 is 2.37 bits per heavy atom. The van der Waals surface area contributed by atoms with Crippen LogP contribution in [0.15, 0.2) is 66.0 Å². The zero-order chi connectivity index (χ0) is 20.8. The number of likely N-dealkylation sites (N-methyl/N-ethyl adjacent to an activating group) is 1. The maximum absolute atomic E-state index is 12.7. The topological polar surface area (TPSA) is 39.7 Å². The average molecular weight is 421 g/mol. The Labute approximate surface area is 182 Å². The third-order valence-electron chi connectivity index (χ3n) is 5.38. The van der Waals surface area contributed by atoms with Gasteiger partial charge < -0.3 is 4.90 Å². The largest absolute Gasteiger partial charge is 0.339 e. The minimum atomic E-state index is 0.204. The molecule has 0 aliphatic carbocycles. The van der Waals surface area contributed by atoms with Crippen LogP contribution in [-0.4, -0.2) is 65.4 Å². The van der Waals surface area contributed by atoms with Gasteiger partial charge in [0.1, 0.15) is 5.01 Å². The van der Waals surface area contributed by atoms with Crippen molar-refractivity contribution in [1.82, 2.24) is 19.7 Å². The molecule has 2 heterocycles. The molecule has 5 nitrogen and oxygen atoms in total. The molecule has 4 rings (SSSR count). The Hall–Kier alpha value is -2.54. The SMILES string of the molecule is CN(CC(=O)N1CCN(Cc2ccccc2)CC1)Cc1csc(-c2ccccc2)n1. The maximum atomic E-state index is 12.7. The van der Waals surface area contributed by atoms with Crippen LogP contribution in [-0.2, 0) is 17.9 Å². The number of benzene rings is 2. The molecule has 0 N–H and O–H groups in total. The number of carbonyl (C=O) groups is 1. The van der Waals surface area contributed by atoms with Crippen LogP contribution in [0.4, 0.5) is 0 Å². The van der Waals surface area contributed by atoms with Crippen molar-refractivity contribution in [3.05, 3.63) is 77.3 Å². The monoisotopic (exact) mass is 420 g/mol. The first-order valence-electron chi connectivity index (χ1n) is 10.4. The zero-order valence-corrected chi connectivity index (χ0v) is 18.2. The molecule has 2 aromatic carbocycles. The van der Waals surface area contributed by atoms with E-state index in [1.165, 1.54) is 5.56 Å². The molecule has 0 radical (unpaired) electrons. The Morgan fingerprint density at radius 1 is 1.00 bits per heavy atom. The predicted molar refractivity (Wildman–Crippen MR) is 122 cm³/mol. The number of carbonyl (C=O) groups excluding carboxylic acids is 1. The summed E-state index contributed by atoms with van der Waals surface area (Å²) in [7, 11) is 1.99. The van der Waals surface area contributed by atoms with E-state index in [9.17, 15) is 4.79 Å². The lowest BCUT2D eigenvalue weighted by Gasteiger charge is -2.35. The van der Waals surface area contributed by atoms with Gasteiger partial charge in [-0.1, -0.05) is 60.7 Å². The molecule has 1 amide bonds. The van der Waals surface area contributed by atoms with Crippen molar-refractivity contribution in [3.63, 3.8) is 0 Å². The van der Waals surface area contributed by atoms with Gasteiger partial charge in [0.2, 0.25) is 5.91 Å². The van der Waals surface area contributed by atoms with Crippen molar-refractivity contribution >= 4 is 17.2 Å². The summed E-state index contributed by atoms with van der Waals surface area (Å²) in [6.07, 6.45) is 0. The van der Waals surface area contributed by atoms with Crippen LogP contribution < -0.4 is 0 Å². The number of hydrogen-bond donors (Lipinski definition) is 0. The van der Waals surface area contributed by atoms with Crippen LogP contribution in [0.25, 0.3) is 10.6 Å². The molecular weight excluding hydrogens is 392 g/mol. The van der Waals surface area contributed by atoms with Crippen LogP contribution in [0, 0.1) is 0 Å². The quantitative estimate of drug-likeness (QED) is 0.586. The van der Waals surface area contributed by atoms with Crippen molar-refractivity contribution in [2.75, 3.05) is 39.8 Å². The fourth-order valence-corrected chi connectivity index (χ4v) is 4.57. The molecule has 30 heavy (non-hydrogen) atoms. The van der Waals surface area contributed by atoms with Gasteiger partial charge in [0.15, 0.2) is 0 Å². The smallest absolute Gasteiger partial charge is 0.236 e. The first-order valence-corrected chi connectivity index (χ1v) is 11.3. The minimum Gasteiger partial charge on any atom is -0.339 e. The summed E-state index contributed by atoms with van der Waals surface area (Å²) in [6, 6.07) is 20.8. The number of amides is 1. The lowest BCUT2D eigenvalue weighted by atomic mass is 10.2. The van der Waals surface area contributed by atoms with E-state index in [-0.39, 0.29) is 5.91 Å². The van der Waals surface area contributed by atoms with Crippen molar-refractivity contribution < 1.29 is 4.79 Å². The zero-order valence-electron chi connectivity index (χ0n) is 17.4. The lowest BCUT2D eigenvalue weighted by molar-refractivity contribution is -0.134. The first kappa shape index (κ1) is 20.7. The van der Waals surface area contributed by atoms with E-state index in [1.807, 2.05) is 36.2 Å². The first-order chi connectivity index (χ1) is 14.7. The lowest BCUT2D eigenvalue weighted by Crippen LogP contribution is -2.50. The molecule has 1 aliphatic rings. The molecule has 0 spiro atoms. The Morgan fingerprint density at radius 2 is 1.67 bits per heavy atom. The standard InChI is InChI=1S/C24H28N4OS/c1-26(17-22-19-30-24(25-22)21-10-6-3-7-11-21)18-23(29)28-14-12-27(13-15-28)16-20-8-4-2-5-9-20/h2-11,19H,12-18H2,1H3. The predicted octanol–water partition coefficient (Wildman–Crippen LogP) is 3.59. The number of thiazole rings is 1. The Bertz CT molecular complexity index is 936. The van der Waals surface area contributed by atoms with E-state index in [4.69, 9.17) is 4.98 Å². The molecule has 1 aliphatic heterocycles. The molecule has 0 saturated carbocycles. The summed E-state index contributed by atoms with van der Waals surface area (Å²) < 4.78 is 0. The van der Waals surface area contributed by atoms with Gasteiger partial charge in [-0.2, -0.15) is 0 Å². The Balaban J connectivity index is 1.23. The highest BCUT2D eigenvalue weighted by Gasteiger charge is 2.22. The number of rotatable bonds is 7. The fraction of sp³-hybridized carbons (Fsp3) is 0.333. The molecule has 0 bridgehead atoms. The van der Waals surface area contributed by atoms with Crippen LogP contribution in [0.2, 0.25) is 0 Å². The van der Waals surface area contributed by atoms with Gasteiger partial charge in [-0.25, -0.2) is 4.98 Å². The normalized spacial score (nSPS) is 14.9. The number of aromatic nitrogens is 1. The molecule has 1 aromatic heterocycles. The van der Waals surface area contributed by atoms with Gasteiger partial charge in [-0.05, 0) is 12.6 Å². The third kappa shape index (κ3) is 5.53. The summed E-state index contributed by atoms with van der Waals surface area (Å²) in [6.45, 7) is 5.52. The van der Waals surface area contributed by atoms with Gasteiger partial charge in [0.05, 0.1) is 12.2 Å². The van der Waals surface area contributed by atoms with Crippen molar-refractivity contribution in [3.8, 4) is 10.6 Å². The van der Waals surface area contributed by atoms with Crippen LogP contribution in [0.3, 0.4) is 0 Å². The van der Waals surface area contributed by atoms with E-state index in [0.717, 1.165) is 49.0 Å². The molecule has 3 aromatic rings. The van der Waals surface area contributed by atoms with Crippen LogP contribution in [0.1, 0.15) is 11.3 Å². The summed E-state index contributed by atoms with van der Waals surface area (Å²) in [4.78, 5) is 23.9.